The first-order valence-corrected chi connectivity index (χ1v) is 6.88. The van der Waals surface area contributed by atoms with Gasteiger partial charge in [0.25, 0.3) is 0 Å². The highest BCUT2D eigenvalue weighted by atomic mass is 16.7. The van der Waals surface area contributed by atoms with Crippen LogP contribution in [-0.4, -0.2) is 24.4 Å². The number of aromatic nitrogens is 1. The van der Waals surface area contributed by atoms with Gasteiger partial charge in [-0.1, -0.05) is 0 Å². The molecule has 5 nitrogen and oxygen atoms in total. The molecule has 1 aromatic heterocycles. The third-order valence-electron chi connectivity index (χ3n) is 4.03. The molecule has 1 aliphatic carbocycles. The van der Waals surface area contributed by atoms with Crippen LogP contribution in [0.3, 0.4) is 0 Å². The maximum atomic E-state index is 5.99. The highest BCUT2D eigenvalue weighted by Crippen LogP contribution is 2.39. The Labute approximate surface area is 116 Å². The molecular formula is C15H16N2O3. The standard InChI is InChI=1S/C15H16N2O3/c16-7-9-3-11(4-9)20-15-12-6-14-13(18-8-19-14)5-10(12)1-2-17-15/h1-2,5-6,9,11H,3-4,7-8,16H2. The molecule has 20 heavy (non-hydrogen) atoms. The van der Waals surface area contributed by atoms with Gasteiger partial charge < -0.3 is 19.9 Å². The van der Waals surface area contributed by atoms with Gasteiger partial charge in [-0.3, -0.25) is 0 Å². The Morgan fingerprint density at radius 1 is 1.25 bits per heavy atom. The fourth-order valence-electron chi connectivity index (χ4n) is 2.75. The third-order valence-corrected chi connectivity index (χ3v) is 4.03. The molecule has 0 amide bonds. The molecule has 4 rings (SSSR count). The summed E-state index contributed by atoms with van der Waals surface area (Å²) in [6, 6.07) is 5.86. The number of rotatable bonds is 3. The second-order valence-corrected chi connectivity index (χ2v) is 5.36. The van der Waals surface area contributed by atoms with Gasteiger partial charge in [-0.05, 0) is 48.9 Å². The molecule has 5 heteroatoms. The molecule has 1 aliphatic heterocycles. The van der Waals surface area contributed by atoms with E-state index in [0.29, 0.717) is 11.8 Å². The molecule has 0 atom stereocenters. The van der Waals surface area contributed by atoms with Gasteiger partial charge in [0.2, 0.25) is 12.7 Å². The molecule has 0 unspecified atom stereocenters. The van der Waals surface area contributed by atoms with E-state index in [1.807, 2.05) is 18.2 Å². The average Bonchev–Trinajstić information content (AvgIpc) is 2.87. The van der Waals surface area contributed by atoms with Crippen LogP contribution in [0.25, 0.3) is 10.8 Å². The van der Waals surface area contributed by atoms with Crippen molar-refractivity contribution in [3.8, 4) is 17.4 Å². The van der Waals surface area contributed by atoms with Gasteiger partial charge in [-0.25, -0.2) is 4.98 Å². The molecule has 2 aliphatic rings. The molecule has 2 N–H and O–H groups in total. The Bertz CT molecular complexity index is 653. The van der Waals surface area contributed by atoms with Crippen LogP contribution in [0.4, 0.5) is 0 Å². The van der Waals surface area contributed by atoms with Crippen LogP contribution in [0, 0.1) is 5.92 Å². The van der Waals surface area contributed by atoms with Crippen LogP contribution < -0.4 is 19.9 Å². The summed E-state index contributed by atoms with van der Waals surface area (Å²) in [5.74, 6) is 2.79. The van der Waals surface area contributed by atoms with E-state index in [1.165, 1.54) is 0 Å². The number of hydrogen-bond donors (Lipinski definition) is 1. The number of nitrogens with two attached hydrogens (primary N) is 1. The lowest BCUT2D eigenvalue weighted by Crippen LogP contribution is -2.37. The lowest BCUT2D eigenvalue weighted by molar-refractivity contribution is 0.0664. The van der Waals surface area contributed by atoms with Crippen LogP contribution >= 0.6 is 0 Å². The molecule has 1 aromatic carbocycles. The average molecular weight is 272 g/mol. The second-order valence-electron chi connectivity index (χ2n) is 5.36. The van der Waals surface area contributed by atoms with E-state index in [1.54, 1.807) is 6.20 Å². The summed E-state index contributed by atoms with van der Waals surface area (Å²) >= 11 is 0. The van der Waals surface area contributed by atoms with Crippen molar-refractivity contribution in [2.75, 3.05) is 13.3 Å². The van der Waals surface area contributed by atoms with E-state index in [2.05, 4.69) is 4.98 Å². The van der Waals surface area contributed by atoms with Crippen LogP contribution in [0.2, 0.25) is 0 Å². The Morgan fingerprint density at radius 3 is 2.85 bits per heavy atom. The molecule has 1 saturated carbocycles. The van der Waals surface area contributed by atoms with Gasteiger partial charge in [0.05, 0.1) is 0 Å². The van der Waals surface area contributed by atoms with E-state index < -0.39 is 0 Å². The number of benzene rings is 1. The normalized spacial score (nSPS) is 23.6. The zero-order valence-corrected chi connectivity index (χ0v) is 11.0. The first kappa shape index (κ1) is 11.8. The van der Waals surface area contributed by atoms with Gasteiger partial charge in [-0.2, -0.15) is 0 Å². The van der Waals surface area contributed by atoms with Gasteiger partial charge in [0.1, 0.15) is 6.10 Å². The number of fused-ring (bicyclic) bond motifs is 2. The summed E-state index contributed by atoms with van der Waals surface area (Å²) < 4.78 is 16.8. The minimum Gasteiger partial charge on any atom is -0.474 e. The van der Waals surface area contributed by atoms with Crippen molar-refractivity contribution < 1.29 is 14.2 Å². The monoisotopic (exact) mass is 272 g/mol. The van der Waals surface area contributed by atoms with Crippen molar-refractivity contribution in [3.63, 3.8) is 0 Å². The minimum absolute atomic E-state index is 0.229. The number of pyridine rings is 1. The van der Waals surface area contributed by atoms with Crippen molar-refractivity contribution in [1.29, 1.82) is 0 Å². The summed E-state index contributed by atoms with van der Waals surface area (Å²) in [5.41, 5.74) is 5.64. The highest BCUT2D eigenvalue weighted by Gasteiger charge is 2.30. The van der Waals surface area contributed by atoms with E-state index in [0.717, 1.165) is 41.7 Å². The predicted molar refractivity (Wildman–Crippen MR) is 74.1 cm³/mol. The zero-order valence-electron chi connectivity index (χ0n) is 11.0. The largest absolute Gasteiger partial charge is 0.474 e. The van der Waals surface area contributed by atoms with Gasteiger partial charge >= 0.3 is 0 Å². The minimum atomic E-state index is 0.229. The molecule has 1 fully saturated rings. The first-order valence-electron chi connectivity index (χ1n) is 6.88. The number of ether oxygens (including phenoxy) is 3. The smallest absolute Gasteiger partial charge is 0.231 e. The summed E-state index contributed by atoms with van der Waals surface area (Å²) in [4.78, 5) is 4.36. The Kier molecular flexibility index (Phi) is 2.67. The lowest BCUT2D eigenvalue weighted by atomic mass is 9.82. The molecule has 2 aromatic rings. The van der Waals surface area contributed by atoms with Crippen LogP contribution in [0.5, 0.6) is 17.4 Å². The summed E-state index contributed by atoms with van der Waals surface area (Å²) in [6.45, 7) is 1.01. The molecule has 0 bridgehead atoms. The highest BCUT2D eigenvalue weighted by molar-refractivity contribution is 5.90. The Balaban J connectivity index is 1.66. The van der Waals surface area contributed by atoms with Gasteiger partial charge in [0, 0.05) is 11.6 Å². The third kappa shape index (κ3) is 1.86. The Hall–Kier alpha value is -2.01. The van der Waals surface area contributed by atoms with E-state index in [-0.39, 0.29) is 12.9 Å². The fraction of sp³-hybridized carbons (Fsp3) is 0.400. The molecule has 0 spiro atoms. The molecule has 104 valence electrons. The molecule has 2 heterocycles. The second kappa shape index (κ2) is 4.52. The SMILES string of the molecule is NCC1CC(Oc2nccc3cc4c(cc23)OCO4)C1. The molecular weight excluding hydrogens is 256 g/mol. The van der Waals surface area contributed by atoms with Crippen LogP contribution in [0.1, 0.15) is 12.8 Å². The summed E-state index contributed by atoms with van der Waals surface area (Å²) in [5, 5.41) is 2.02. The topological polar surface area (TPSA) is 66.6 Å². The molecule has 0 radical (unpaired) electrons. The van der Waals surface area contributed by atoms with Gasteiger partial charge in [-0.15, -0.1) is 0 Å². The first-order chi connectivity index (χ1) is 9.83. The van der Waals surface area contributed by atoms with E-state index in [4.69, 9.17) is 19.9 Å². The van der Waals surface area contributed by atoms with Crippen molar-refractivity contribution in [1.82, 2.24) is 4.98 Å². The van der Waals surface area contributed by atoms with Crippen molar-refractivity contribution in [2.24, 2.45) is 11.7 Å². The maximum Gasteiger partial charge on any atom is 0.231 e. The summed E-state index contributed by atoms with van der Waals surface area (Å²) in [7, 11) is 0. The van der Waals surface area contributed by atoms with Crippen molar-refractivity contribution in [3.05, 3.63) is 24.4 Å². The zero-order chi connectivity index (χ0) is 13.5. The lowest BCUT2D eigenvalue weighted by Gasteiger charge is -2.34. The van der Waals surface area contributed by atoms with Crippen LogP contribution in [0.15, 0.2) is 24.4 Å². The number of hydrogen-bond acceptors (Lipinski definition) is 5. The van der Waals surface area contributed by atoms with Crippen LogP contribution in [-0.2, 0) is 0 Å². The van der Waals surface area contributed by atoms with E-state index >= 15 is 0 Å². The van der Waals surface area contributed by atoms with Gasteiger partial charge in [0.15, 0.2) is 11.5 Å². The van der Waals surface area contributed by atoms with E-state index in [9.17, 15) is 0 Å². The molecule has 0 saturated heterocycles. The Morgan fingerprint density at radius 2 is 2.05 bits per heavy atom. The maximum absolute atomic E-state index is 5.99. The number of nitrogens with zero attached hydrogens (tertiary/aromatic N) is 1. The van der Waals surface area contributed by atoms with Crippen molar-refractivity contribution >= 4 is 10.8 Å². The predicted octanol–water partition coefficient (Wildman–Crippen LogP) is 2.08. The fourth-order valence-corrected chi connectivity index (χ4v) is 2.75. The quantitative estimate of drug-likeness (QED) is 0.926. The van der Waals surface area contributed by atoms with Crippen molar-refractivity contribution in [2.45, 2.75) is 18.9 Å². The summed E-state index contributed by atoms with van der Waals surface area (Å²) in [6.07, 6.45) is 4.02.